The van der Waals surface area contributed by atoms with Gasteiger partial charge in [0, 0.05) is 7.11 Å². The summed E-state index contributed by atoms with van der Waals surface area (Å²) in [5.74, 6) is 0. The number of hydrogen-bond donors (Lipinski definition) is 0. The normalized spacial score (nSPS) is 26.3. The number of ether oxygens (including phenoxy) is 3. The lowest BCUT2D eigenvalue weighted by atomic mass is 10.0. The first-order valence-electron chi connectivity index (χ1n) is 6.45. The van der Waals surface area contributed by atoms with Crippen molar-refractivity contribution in [3.05, 3.63) is 60.7 Å². The highest BCUT2D eigenvalue weighted by atomic mass is 16.6. The zero-order valence-electron chi connectivity index (χ0n) is 11.2. The Morgan fingerprint density at radius 2 is 2.05 bits per heavy atom. The molecule has 0 spiro atoms. The molecule has 1 heterocycles. The summed E-state index contributed by atoms with van der Waals surface area (Å²) in [6.07, 6.45) is 5.60. The molecule has 19 heavy (non-hydrogen) atoms. The quantitative estimate of drug-likeness (QED) is 0.736. The van der Waals surface area contributed by atoms with Crippen LogP contribution in [0.2, 0.25) is 0 Å². The predicted molar refractivity (Wildman–Crippen MR) is 75.0 cm³/mol. The molecule has 0 saturated heterocycles. The maximum atomic E-state index is 6.05. The zero-order chi connectivity index (χ0) is 13.5. The highest BCUT2D eigenvalue weighted by Gasteiger charge is 2.28. The van der Waals surface area contributed by atoms with Gasteiger partial charge in [0.15, 0.2) is 0 Å². The number of rotatable bonds is 6. The van der Waals surface area contributed by atoms with Crippen LogP contribution in [-0.4, -0.2) is 32.5 Å². The van der Waals surface area contributed by atoms with Gasteiger partial charge in [-0.25, -0.2) is 0 Å². The van der Waals surface area contributed by atoms with Gasteiger partial charge in [-0.2, -0.15) is 0 Å². The second-order valence-corrected chi connectivity index (χ2v) is 4.43. The van der Waals surface area contributed by atoms with E-state index in [0.717, 1.165) is 5.56 Å². The van der Waals surface area contributed by atoms with Crippen molar-refractivity contribution in [2.24, 2.45) is 0 Å². The van der Waals surface area contributed by atoms with Crippen molar-refractivity contribution in [3.8, 4) is 0 Å². The zero-order valence-corrected chi connectivity index (χ0v) is 11.2. The predicted octanol–water partition coefficient (Wildman–Crippen LogP) is 2.90. The van der Waals surface area contributed by atoms with Crippen LogP contribution in [0.15, 0.2) is 55.1 Å². The molecule has 1 aromatic rings. The van der Waals surface area contributed by atoms with Crippen molar-refractivity contribution in [3.63, 3.8) is 0 Å². The van der Waals surface area contributed by atoms with E-state index in [1.807, 2.05) is 30.4 Å². The lowest BCUT2D eigenvalue weighted by Gasteiger charge is -2.32. The average molecular weight is 260 g/mol. The highest BCUT2D eigenvalue weighted by Crippen LogP contribution is 2.27. The lowest BCUT2D eigenvalue weighted by Crippen LogP contribution is -2.37. The second-order valence-electron chi connectivity index (χ2n) is 4.43. The minimum Gasteiger partial charge on any atom is -0.382 e. The minimum atomic E-state index is -0.0971. The number of methoxy groups -OCH3 is 1. The van der Waals surface area contributed by atoms with E-state index >= 15 is 0 Å². The van der Waals surface area contributed by atoms with Gasteiger partial charge in [0.05, 0.1) is 13.2 Å². The SMILES string of the molecule is C=CCO[C@H]1C=C[C@@H](c2ccccc2)O[C@@H]1COC. The van der Waals surface area contributed by atoms with Crippen LogP contribution < -0.4 is 0 Å². The van der Waals surface area contributed by atoms with Crippen molar-refractivity contribution < 1.29 is 14.2 Å². The van der Waals surface area contributed by atoms with E-state index in [1.54, 1.807) is 13.2 Å². The van der Waals surface area contributed by atoms with Crippen molar-refractivity contribution >= 4 is 0 Å². The molecule has 2 rings (SSSR count). The van der Waals surface area contributed by atoms with E-state index in [-0.39, 0.29) is 18.3 Å². The van der Waals surface area contributed by atoms with Crippen LogP contribution >= 0.6 is 0 Å². The Morgan fingerprint density at radius 3 is 2.74 bits per heavy atom. The monoisotopic (exact) mass is 260 g/mol. The summed E-state index contributed by atoms with van der Waals surface area (Å²) in [4.78, 5) is 0. The Bertz CT molecular complexity index is 413. The Kier molecular flexibility index (Phi) is 5.33. The van der Waals surface area contributed by atoms with Crippen molar-refractivity contribution in [2.75, 3.05) is 20.3 Å². The van der Waals surface area contributed by atoms with E-state index < -0.39 is 0 Å². The van der Waals surface area contributed by atoms with Crippen LogP contribution in [0.3, 0.4) is 0 Å². The van der Waals surface area contributed by atoms with Crippen molar-refractivity contribution in [1.29, 1.82) is 0 Å². The molecular formula is C16H20O3. The van der Waals surface area contributed by atoms with Gasteiger partial charge in [-0.05, 0) is 5.56 Å². The summed E-state index contributed by atoms with van der Waals surface area (Å²) in [6, 6.07) is 10.1. The third-order valence-corrected chi connectivity index (χ3v) is 3.03. The molecule has 1 aromatic carbocycles. The Morgan fingerprint density at radius 1 is 1.26 bits per heavy atom. The van der Waals surface area contributed by atoms with E-state index in [1.165, 1.54) is 0 Å². The number of hydrogen-bond acceptors (Lipinski definition) is 3. The molecule has 0 fully saturated rings. The molecule has 102 valence electrons. The number of benzene rings is 1. The van der Waals surface area contributed by atoms with Gasteiger partial charge in [-0.1, -0.05) is 48.6 Å². The Hall–Kier alpha value is -1.42. The first-order valence-corrected chi connectivity index (χ1v) is 6.45. The third kappa shape index (κ3) is 3.77. The molecule has 0 unspecified atom stereocenters. The summed E-state index contributed by atoms with van der Waals surface area (Å²) in [5, 5.41) is 0. The summed E-state index contributed by atoms with van der Waals surface area (Å²) < 4.78 is 16.9. The van der Waals surface area contributed by atoms with Gasteiger partial charge < -0.3 is 14.2 Å². The molecule has 0 aromatic heterocycles. The molecule has 1 aliphatic heterocycles. The van der Waals surface area contributed by atoms with E-state index in [9.17, 15) is 0 Å². The van der Waals surface area contributed by atoms with Gasteiger partial charge in [-0.15, -0.1) is 6.58 Å². The molecule has 0 bridgehead atoms. The first kappa shape index (κ1) is 14.0. The molecule has 0 N–H and O–H groups in total. The average Bonchev–Trinajstić information content (AvgIpc) is 2.47. The summed E-state index contributed by atoms with van der Waals surface area (Å²) in [7, 11) is 1.67. The van der Waals surface area contributed by atoms with Gasteiger partial charge in [0.1, 0.15) is 18.3 Å². The maximum absolute atomic E-state index is 6.05. The van der Waals surface area contributed by atoms with Crippen LogP contribution in [0.1, 0.15) is 11.7 Å². The fourth-order valence-corrected chi connectivity index (χ4v) is 2.12. The molecule has 1 aliphatic rings. The van der Waals surface area contributed by atoms with Gasteiger partial charge in [0.25, 0.3) is 0 Å². The van der Waals surface area contributed by atoms with Crippen molar-refractivity contribution in [1.82, 2.24) is 0 Å². The molecule has 0 aliphatic carbocycles. The van der Waals surface area contributed by atoms with Crippen LogP contribution in [0.25, 0.3) is 0 Å². The third-order valence-electron chi connectivity index (χ3n) is 3.03. The molecular weight excluding hydrogens is 240 g/mol. The van der Waals surface area contributed by atoms with Crippen LogP contribution in [-0.2, 0) is 14.2 Å². The minimum absolute atomic E-state index is 0.0371. The van der Waals surface area contributed by atoms with Gasteiger partial charge in [0.2, 0.25) is 0 Å². The summed E-state index contributed by atoms with van der Waals surface area (Å²) in [5.41, 5.74) is 1.14. The largest absolute Gasteiger partial charge is 0.382 e. The van der Waals surface area contributed by atoms with Crippen LogP contribution in [0.5, 0.6) is 0 Å². The molecule has 3 heteroatoms. The van der Waals surface area contributed by atoms with E-state index in [2.05, 4.69) is 18.7 Å². The smallest absolute Gasteiger partial charge is 0.112 e. The molecule has 0 saturated carbocycles. The fraction of sp³-hybridized carbons (Fsp3) is 0.375. The van der Waals surface area contributed by atoms with Crippen LogP contribution in [0, 0.1) is 0 Å². The molecule has 0 amide bonds. The summed E-state index contributed by atoms with van der Waals surface area (Å²) >= 11 is 0. The van der Waals surface area contributed by atoms with E-state index in [0.29, 0.717) is 13.2 Å². The molecule has 3 nitrogen and oxygen atoms in total. The van der Waals surface area contributed by atoms with Gasteiger partial charge >= 0.3 is 0 Å². The maximum Gasteiger partial charge on any atom is 0.112 e. The first-order chi connectivity index (χ1) is 9.35. The Labute approximate surface area is 114 Å². The van der Waals surface area contributed by atoms with Gasteiger partial charge in [-0.3, -0.25) is 0 Å². The Balaban J connectivity index is 2.08. The van der Waals surface area contributed by atoms with Crippen molar-refractivity contribution in [2.45, 2.75) is 18.3 Å². The second kappa shape index (κ2) is 7.24. The van der Waals surface area contributed by atoms with E-state index in [4.69, 9.17) is 14.2 Å². The fourth-order valence-electron chi connectivity index (χ4n) is 2.12. The molecule has 3 atom stereocenters. The standard InChI is InChI=1S/C16H20O3/c1-3-11-18-15-10-9-14(19-16(15)12-17-2)13-7-5-4-6-8-13/h3-10,14-16H,1,11-12H2,2H3/t14-,15-,16+/m0/s1. The summed E-state index contributed by atoms with van der Waals surface area (Å²) in [6.45, 7) is 4.68. The highest BCUT2D eigenvalue weighted by molar-refractivity contribution is 5.23. The molecule has 0 radical (unpaired) electrons. The topological polar surface area (TPSA) is 27.7 Å². The lowest BCUT2D eigenvalue weighted by molar-refractivity contribution is -0.104. The van der Waals surface area contributed by atoms with Crippen LogP contribution in [0.4, 0.5) is 0 Å².